The van der Waals surface area contributed by atoms with E-state index in [1.54, 1.807) is 19.1 Å². The normalized spacial score (nSPS) is 12.0. The number of carboxylic acids is 1. The molecule has 0 saturated heterocycles. The molecule has 182 valence electrons. The summed E-state index contributed by atoms with van der Waals surface area (Å²) in [5.41, 5.74) is -0.167. The molecule has 0 aliphatic rings. The summed E-state index contributed by atoms with van der Waals surface area (Å²) in [4.78, 5) is 10.9. The van der Waals surface area contributed by atoms with Crippen LogP contribution >= 0.6 is 0 Å². The molecule has 3 rings (SSSR count). The highest BCUT2D eigenvalue weighted by atomic mass is 32.2. The van der Waals surface area contributed by atoms with Crippen LogP contribution in [0.25, 0.3) is 0 Å². The number of alkyl halides is 3. The van der Waals surface area contributed by atoms with Crippen molar-refractivity contribution in [2.75, 3.05) is 6.54 Å². The lowest BCUT2D eigenvalue weighted by atomic mass is 9.97. The minimum absolute atomic E-state index is 0.00988. The van der Waals surface area contributed by atoms with E-state index < -0.39 is 34.3 Å². The number of sulfonamides is 1. The Morgan fingerprint density at radius 2 is 1.74 bits per heavy atom. The zero-order valence-corrected chi connectivity index (χ0v) is 19.4. The van der Waals surface area contributed by atoms with Crippen LogP contribution in [0.3, 0.4) is 0 Å². The summed E-state index contributed by atoms with van der Waals surface area (Å²) in [5, 5.41) is 8.99. The number of nitrogens with zero attached hydrogens (tertiary/aromatic N) is 1. The summed E-state index contributed by atoms with van der Waals surface area (Å²) in [6.07, 6.45) is -4.91. The van der Waals surface area contributed by atoms with E-state index in [9.17, 15) is 26.4 Å². The van der Waals surface area contributed by atoms with Gasteiger partial charge in [0.05, 0.1) is 16.9 Å². The Labute approximate surface area is 202 Å². The Balaban J connectivity index is 2.00. The Morgan fingerprint density at radius 1 is 1.06 bits per heavy atom. The highest BCUT2D eigenvalue weighted by Gasteiger charge is 2.32. The van der Waals surface area contributed by atoms with Crippen molar-refractivity contribution in [3.8, 4) is 11.5 Å². The maximum absolute atomic E-state index is 13.4. The van der Waals surface area contributed by atoms with E-state index in [0.717, 1.165) is 22.5 Å². The van der Waals surface area contributed by atoms with Crippen molar-refractivity contribution in [2.45, 2.75) is 31.0 Å². The van der Waals surface area contributed by atoms with Crippen molar-refractivity contribution in [1.82, 2.24) is 4.31 Å². The first-order chi connectivity index (χ1) is 16.4. The van der Waals surface area contributed by atoms with Crippen LogP contribution in [-0.4, -0.2) is 38.2 Å². The molecular weight excluding hydrogens is 482 g/mol. The average Bonchev–Trinajstić information content (AvgIpc) is 2.77. The molecule has 3 aromatic carbocycles. The molecule has 0 aromatic heterocycles. The second-order valence-corrected chi connectivity index (χ2v) is 9.58. The van der Waals surface area contributed by atoms with Gasteiger partial charge in [-0.1, -0.05) is 36.7 Å². The molecule has 1 N–H and O–H groups in total. The largest absolute Gasteiger partial charge is 0.481 e. The highest BCUT2D eigenvalue weighted by Crippen LogP contribution is 2.35. The smallest absolute Gasteiger partial charge is 0.416 e. The summed E-state index contributed by atoms with van der Waals surface area (Å²) in [5.74, 6) is -0.838. The van der Waals surface area contributed by atoms with Crippen LogP contribution in [-0.2, 0) is 34.0 Å². The first-order valence-electron chi connectivity index (χ1n) is 10.4. The Morgan fingerprint density at radius 3 is 2.34 bits per heavy atom. The molecule has 35 heavy (non-hydrogen) atoms. The van der Waals surface area contributed by atoms with Crippen LogP contribution in [0, 0.1) is 0 Å². The third kappa shape index (κ3) is 6.64. The van der Waals surface area contributed by atoms with Gasteiger partial charge in [0.1, 0.15) is 19.3 Å². The second-order valence-electron chi connectivity index (χ2n) is 7.64. The van der Waals surface area contributed by atoms with Gasteiger partial charge < -0.3 is 9.84 Å². The van der Waals surface area contributed by atoms with E-state index in [2.05, 4.69) is 0 Å². The predicted octanol–water partition coefficient (Wildman–Crippen LogP) is 4.13. The zero-order valence-electron chi connectivity index (χ0n) is 18.6. The van der Waals surface area contributed by atoms with Crippen LogP contribution in [0.1, 0.15) is 23.6 Å². The van der Waals surface area contributed by atoms with Gasteiger partial charge in [-0.3, -0.25) is 4.79 Å². The van der Waals surface area contributed by atoms with E-state index in [4.69, 9.17) is 17.7 Å². The lowest BCUT2D eigenvalue weighted by molar-refractivity contribution is -0.138. The highest BCUT2D eigenvalue weighted by molar-refractivity contribution is 7.89. The van der Waals surface area contributed by atoms with Crippen LogP contribution in [0.5, 0.6) is 11.5 Å². The summed E-state index contributed by atoms with van der Waals surface area (Å²) in [6, 6.07) is 14.4. The maximum atomic E-state index is 13.4. The predicted molar refractivity (Wildman–Crippen MR) is 124 cm³/mol. The van der Waals surface area contributed by atoms with Crippen molar-refractivity contribution in [3.63, 3.8) is 0 Å². The number of benzene rings is 3. The van der Waals surface area contributed by atoms with Gasteiger partial charge in [-0.05, 0) is 48.0 Å². The minimum atomic E-state index is -4.65. The van der Waals surface area contributed by atoms with Gasteiger partial charge in [-0.15, -0.1) is 0 Å². The molecule has 0 aliphatic carbocycles. The summed E-state index contributed by atoms with van der Waals surface area (Å²) >= 11 is 0. The van der Waals surface area contributed by atoms with Crippen LogP contribution in [0.2, 0.25) is 0 Å². The molecule has 0 amide bonds. The number of hydrogen-bond donors (Lipinski definition) is 1. The van der Waals surface area contributed by atoms with Gasteiger partial charge in [0, 0.05) is 18.7 Å². The molecule has 6 nitrogen and oxygen atoms in total. The molecule has 0 atom stereocenters. The molecule has 0 heterocycles. The number of hydrogen-bond acceptors (Lipinski definition) is 4. The van der Waals surface area contributed by atoms with Crippen LogP contribution in [0.15, 0.2) is 71.6 Å². The molecule has 2 radical (unpaired) electrons. The first kappa shape index (κ1) is 26.3. The maximum Gasteiger partial charge on any atom is 0.416 e. The fourth-order valence-electron chi connectivity index (χ4n) is 3.35. The summed E-state index contributed by atoms with van der Waals surface area (Å²) in [6.45, 7) is 1.16. The van der Waals surface area contributed by atoms with Crippen molar-refractivity contribution in [2.24, 2.45) is 0 Å². The number of aliphatic carboxylic acids is 1. The van der Waals surface area contributed by atoms with Crippen molar-refractivity contribution in [3.05, 3.63) is 83.4 Å². The lowest BCUT2D eigenvalue weighted by Gasteiger charge is -2.23. The molecule has 0 fully saturated rings. The van der Waals surface area contributed by atoms with E-state index in [1.807, 2.05) is 0 Å². The molecule has 0 spiro atoms. The number of ether oxygens (including phenoxy) is 1. The van der Waals surface area contributed by atoms with E-state index in [1.165, 1.54) is 36.4 Å². The van der Waals surface area contributed by atoms with E-state index in [-0.39, 0.29) is 34.9 Å². The minimum Gasteiger partial charge on any atom is -0.481 e. The lowest BCUT2D eigenvalue weighted by Crippen LogP contribution is -2.31. The molecule has 0 bridgehead atoms. The second kappa shape index (κ2) is 10.5. The quantitative estimate of drug-likeness (QED) is 0.444. The van der Waals surface area contributed by atoms with Crippen molar-refractivity contribution in [1.29, 1.82) is 0 Å². The third-order valence-electron chi connectivity index (χ3n) is 5.09. The topological polar surface area (TPSA) is 83.9 Å². The number of halogens is 3. The van der Waals surface area contributed by atoms with Gasteiger partial charge >= 0.3 is 12.1 Å². The van der Waals surface area contributed by atoms with Gasteiger partial charge in [-0.25, -0.2) is 8.42 Å². The Bertz CT molecular complexity index is 1310. The standard InChI is InChI=1S/C24H21BF3NO5S/c1-2-29(35(32,33)21-9-7-19(25)8-10-21)15-17-14-18(24(26,27)28)6-11-22(17)34-20-5-3-4-16(12-20)13-23(30)31/h3-12,14H,2,13,15H2,1H3,(H,30,31). The summed E-state index contributed by atoms with van der Waals surface area (Å²) < 4.78 is 73.3. The zero-order chi connectivity index (χ0) is 25.8. The number of carbonyl (C=O) groups is 1. The Hall–Kier alpha value is -3.31. The molecule has 0 unspecified atom stereocenters. The molecule has 3 aromatic rings. The van der Waals surface area contributed by atoms with Gasteiger partial charge in [0.15, 0.2) is 0 Å². The Kier molecular flexibility index (Phi) is 7.91. The molecular formula is C24H21BF3NO5S. The fraction of sp³-hybridized carbons (Fsp3) is 0.208. The number of carboxylic acid groups (broad SMARTS) is 1. The first-order valence-corrected chi connectivity index (χ1v) is 11.9. The van der Waals surface area contributed by atoms with Crippen LogP contribution < -0.4 is 10.2 Å². The van der Waals surface area contributed by atoms with Gasteiger partial charge in [0.25, 0.3) is 0 Å². The third-order valence-corrected chi connectivity index (χ3v) is 7.02. The van der Waals surface area contributed by atoms with Gasteiger partial charge in [-0.2, -0.15) is 17.5 Å². The van der Waals surface area contributed by atoms with Gasteiger partial charge in [0.2, 0.25) is 10.0 Å². The van der Waals surface area contributed by atoms with Crippen molar-refractivity contribution >= 4 is 29.3 Å². The number of rotatable bonds is 9. The average molecular weight is 503 g/mol. The van der Waals surface area contributed by atoms with E-state index in [0.29, 0.717) is 11.0 Å². The molecule has 11 heteroatoms. The summed E-state index contributed by atoms with van der Waals surface area (Å²) in [7, 11) is 1.58. The molecule has 0 aliphatic heterocycles. The fourth-order valence-corrected chi connectivity index (χ4v) is 4.77. The van der Waals surface area contributed by atoms with E-state index >= 15 is 0 Å². The monoisotopic (exact) mass is 503 g/mol. The molecule has 0 saturated carbocycles. The SMILES string of the molecule is [B]c1ccc(S(=O)(=O)N(CC)Cc2cc(C(F)(F)F)ccc2Oc2cccc(CC(=O)O)c2)cc1. The van der Waals surface area contributed by atoms with Crippen LogP contribution in [0.4, 0.5) is 13.2 Å². The van der Waals surface area contributed by atoms with Crippen molar-refractivity contribution < 1.29 is 36.2 Å².